The maximum absolute atomic E-state index is 5.01. The largest absolute Gasteiger partial charge is 0.487 e. The van der Waals surface area contributed by atoms with Crippen molar-refractivity contribution in [1.82, 2.24) is 0 Å². The summed E-state index contributed by atoms with van der Waals surface area (Å²) in [4.78, 5) is 0. The van der Waals surface area contributed by atoms with Crippen molar-refractivity contribution in [2.24, 2.45) is 0 Å². The molecule has 0 radical (unpaired) electrons. The molecular weight excluding hydrogens is 240 g/mol. The van der Waals surface area contributed by atoms with Crippen molar-refractivity contribution < 1.29 is 9.47 Å². The van der Waals surface area contributed by atoms with Crippen LogP contribution in [-0.2, 0) is 9.47 Å². The number of hydrogen-bond donors (Lipinski definition) is 0. The summed E-state index contributed by atoms with van der Waals surface area (Å²) < 4.78 is 10.0. The SMILES string of the molecule is CCCC(=S)OCC.CCCC(=S)OCC. The van der Waals surface area contributed by atoms with E-state index in [0.717, 1.165) is 35.8 Å². The van der Waals surface area contributed by atoms with E-state index in [1.54, 1.807) is 0 Å². The zero-order valence-corrected chi connectivity index (χ0v) is 12.5. The first-order chi connectivity index (χ1) is 7.62. The zero-order chi connectivity index (χ0) is 12.8. The van der Waals surface area contributed by atoms with Crippen molar-refractivity contribution in [2.75, 3.05) is 13.2 Å². The monoisotopic (exact) mass is 264 g/mol. The van der Waals surface area contributed by atoms with Gasteiger partial charge < -0.3 is 9.47 Å². The van der Waals surface area contributed by atoms with E-state index >= 15 is 0 Å². The molecule has 0 saturated carbocycles. The van der Waals surface area contributed by atoms with E-state index in [9.17, 15) is 0 Å². The predicted octanol–water partition coefficient (Wildman–Crippen LogP) is 4.30. The Labute approximate surface area is 111 Å². The number of ether oxygens (including phenoxy) is 2. The van der Waals surface area contributed by atoms with Crippen LogP contribution in [0.15, 0.2) is 0 Å². The normalized spacial score (nSPS) is 8.75. The molecule has 0 aliphatic carbocycles. The van der Waals surface area contributed by atoms with Crippen LogP contribution in [-0.4, -0.2) is 23.3 Å². The summed E-state index contributed by atoms with van der Waals surface area (Å²) in [7, 11) is 0. The second kappa shape index (κ2) is 14.8. The Kier molecular flexibility index (Phi) is 16.8. The van der Waals surface area contributed by atoms with Crippen LogP contribution >= 0.6 is 24.4 Å². The first-order valence-corrected chi connectivity index (χ1v) is 6.75. The highest BCUT2D eigenvalue weighted by Gasteiger charge is 1.90. The number of thiocarbonyl (C=S) groups is 2. The standard InChI is InChI=1S/2C6H12OS/c2*1-3-5-6(8)7-4-2/h2*3-5H2,1-2H3. The summed E-state index contributed by atoms with van der Waals surface area (Å²) >= 11 is 9.66. The van der Waals surface area contributed by atoms with Gasteiger partial charge in [-0.1, -0.05) is 13.8 Å². The van der Waals surface area contributed by atoms with Crippen LogP contribution in [0.3, 0.4) is 0 Å². The molecule has 0 aromatic heterocycles. The molecular formula is C12H24O2S2. The topological polar surface area (TPSA) is 18.5 Å². The minimum Gasteiger partial charge on any atom is -0.487 e. The van der Waals surface area contributed by atoms with Gasteiger partial charge in [0.15, 0.2) is 10.1 Å². The zero-order valence-electron chi connectivity index (χ0n) is 10.9. The minimum atomic E-state index is 0.707. The van der Waals surface area contributed by atoms with Crippen molar-refractivity contribution in [3.05, 3.63) is 0 Å². The Hall–Kier alpha value is -0.220. The van der Waals surface area contributed by atoms with Gasteiger partial charge in [-0.15, -0.1) is 0 Å². The van der Waals surface area contributed by atoms with Gasteiger partial charge in [-0.05, 0) is 51.1 Å². The smallest absolute Gasteiger partial charge is 0.159 e. The molecule has 0 atom stereocenters. The van der Waals surface area contributed by atoms with Crippen LogP contribution in [0.4, 0.5) is 0 Å². The highest BCUT2D eigenvalue weighted by Crippen LogP contribution is 1.93. The Bertz CT molecular complexity index is 146. The molecule has 0 aromatic rings. The lowest BCUT2D eigenvalue weighted by atomic mass is 10.4. The molecule has 0 aliphatic heterocycles. The fourth-order valence-electron chi connectivity index (χ4n) is 0.875. The molecule has 0 spiro atoms. The third-order valence-corrected chi connectivity index (χ3v) is 2.16. The Morgan fingerprint density at radius 3 is 1.25 bits per heavy atom. The summed E-state index contributed by atoms with van der Waals surface area (Å²) in [6.07, 6.45) is 4.00. The van der Waals surface area contributed by atoms with Crippen LogP contribution in [0.1, 0.15) is 53.4 Å². The molecule has 0 bridgehead atoms. The van der Waals surface area contributed by atoms with Gasteiger partial charge in [-0.2, -0.15) is 0 Å². The van der Waals surface area contributed by atoms with Crippen molar-refractivity contribution in [1.29, 1.82) is 0 Å². The Balaban J connectivity index is 0. The Morgan fingerprint density at radius 2 is 1.06 bits per heavy atom. The van der Waals surface area contributed by atoms with Crippen molar-refractivity contribution in [3.63, 3.8) is 0 Å². The van der Waals surface area contributed by atoms with E-state index in [4.69, 9.17) is 33.9 Å². The van der Waals surface area contributed by atoms with Gasteiger partial charge in [0, 0.05) is 12.8 Å². The molecule has 0 heterocycles. The van der Waals surface area contributed by atoms with Gasteiger partial charge in [-0.25, -0.2) is 0 Å². The fraction of sp³-hybridized carbons (Fsp3) is 0.833. The molecule has 0 aromatic carbocycles. The molecule has 0 amide bonds. The molecule has 2 nitrogen and oxygen atoms in total. The molecule has 0 fully saturated rings. The minimum absolute atomic E-state index is 0.707. The van der Waals surface area contributed by atoms with Crippen LogP contribution in [0.2, 0.25) is 0 Å². The Morgan fingerprint density at radius 1 is 0.750 bits per heavy atom. The van der Waals surface area contributed by atoms with Crippen LogP contribution in [0.25, 0.3) is 0 Å². The van der Waals surface area contributed by atoms with Gasteiger partial charge in [0.2, 0.25) is 0 Å². The van der Waals surface area contributed by atoms with Gasteiger partial charge in [0.05, 0.1) is 13.2 Å². The number of hydrogen-bond acceptors (Lipinski definition) is 4. The number of rotatable bonds is 6. The predicted molar refractivity (Wildman–Crippen MR) is 78.3 cm³/mol. The molecule has 0 N–H and O–H groups in total. The van der Waals surface area contributed by atoms with Gasteiger partial charge in [0.1, 0.15) is 0 Å². The molecule has 16 heavy (non-hydrogen) atoms. The van der Waals surface area contributed by atoms with Gasteiger partial charge in [-0.3, -0.25) is 0 Å². The van der Waals surface area contributed by atoms with E-state index in [2.05, 4.69) is 13.8 Å². The van der Waals surface area contributed by atoms with Gasteiger partial charge >= 0.3 is 0 Å². The average Bonchev–Trinajstić information content (AvgIpc) is 2.20. The summed E-state index contributed by atoms with van der Waals surface area (Å²) in [5, 5.41) is 1.49. The lowest BCUT2D eigenvalue weighted by Gasteiger charge is -2.00. The summed E-state index contributed by atoms with van der Waals surface area (Å²) in [6, 6.07) is 0. The van der Waals surface area contributed by atoms with Crippen LogP contribution in [0.5, 0.6) is 0 Å². The first-order valence-electron chi connectivity index (χ1n) is 5.93. The maximum atomic E-state index is 5.01. The van der Waals surface area contributed by atoms with Crippen molar-refractivity contribution >= 4 is 34.5 Å². The second-order valence-electron chi connectivity index (χ2n) is 3.11. The summed E-state index contributed by atoms with van der Waals surface area (Å²) in [6.45, 7) is 9.48. The van der Waals surface area contributed by atoms with Crippen molar-refractivity contribution in [3.8, 4) is 0 Å². The van der Waals surface area contributed by atoms with E-state index < -0.39 is 0 Å². The fourth-order valence-corrected chi connectivity index (χ4v) is 1.52. The molecule has 4 heteroatoms. The van der Waals surface area contributed by atoms with E-state index in [1.807, 2.05) is 13.8 Å². The van der Waals surface area contributed by atoms with Crippen LogP contribution in [0, 0.1) is 0 Å². The lowest BCUT2D eigenvalue weighted by Crippen LogP contribution is -1.99. The average molecular weight is 264 g/mol. The molecule has 0 saturated heterocycles. The summed E-state index contributed by atoms with van der Waals surface area (Å²) in [5.41, 5.74) is 0. The van der Waals surface area contributed by atoms with E-state index in [-0.39, 0.29) is 0 Å². The first kappa shape index (κ1) is 18.2. The van der Waals surface area contributed by atoms with E-state index in [0.29, 0.717) is 13.2 Å². The highest BCUT2D eigenvalue weighted by molar-refractivity contribution is 7.80. The second-order valence-corrected chi connectivity index (χ2v) is 4.02. The molecule has 96 valence electrons. The van der Waals surface area contributed by atoms with Gasteiger partial charge in [0.25, 0.3) is 0 Å². The maximum Gasteiger partial charge on any atom is 0.159 e. The molecule has 0 aliphatic rings. The highest BCUT2D eigenvalue weighted by atomic mass is 32.1. The molecule has 0 unspecified atom stereocenters. The molecule has 0 rings (SSSR count). The summed E-state index contributed by atoms with van der Waals surface area (Å²) in [5.74, 6) is 0. The quantitative estimate of drug-likeness (QED) is 0.665. The third-order valence-electron chi connectivity index (χ3n) is 1.52. The third kappa shape index (κ3) is 16.2. The van der Waals surface area contributed by atoms with E-state index in [1.165, 1.54) is 0 Å². The van der Waals surface area contributed by atoms with Crippen LogP contribution < -0.4 is 0 Å². The lowest BCUT2D eigenvalue weighted by molar-refractivity contribution is 0.326. The van der Waals surface area contributed by atoms with Crippen molar-refractivity contribution in [2.45, 2.75) is 53.4 Å².